The van der Waals surface area contributed by atoms with E-state index in [0.29, 0.717) is 42.6 Å². The number of carbonyl (C=O) groups excluding carboxylic acids is 2. The van der Waals surface area contributed by atoms with Crippen LogP contribution in [0.15, 0.2) is 42.5 Å². The quantitative estimate of drug-likeness (QED) is 0.414. The first-order valence-corrected chi connectivity index (χ1v) is 12.4. The third-order valence-electron chi connectivity index (χ3n) is 6.70. The molecular weight excluding hydrogens is 539 g/mol. The smallest absolute Gasteiger partial charge is 0.417 e. The summed E-state index contributed by atoms with van der Waals surface area (Å²) in [6, 6.07) is 7.59. The summed E-state index contributed by atoms with van der Waals surface area (Å²) in [7, 11) is 3.07. The first kappa shape index (κ1) is 28.3. The third kappa shape index (κ3) is 5.69. The van der Waals surface area contributed by atoms with Crippen LogP contribution in [0.5, 0.6) is 0 Å². The van der Waals surface area contributed by atoms with Crippen molar-refractivity contribution in [2.45, 2.75) is 25.4 Å². The van der Waals surface area contributed by atoms with E-state index in [9.17, 15) is 32.7 Å². The Kier molecular flexibility index (Phi) is 8.12. The molecule has 1 unspecified atom stereocenters. The molecule has 8 nitrogen and oxygen atoms in total. The van der Waals surface area contributed by atoms with Crippen LogP contribution in [-0.4, -0.2) is 64.9 Å². The SMILES string of the molecule is COCCN(C)C(=O)c1ccc2c(C3=CCC(C(=O)O)CC3)nn(C(=O)c3c(Cl)cccc3C(F)(F)F)c2c1. The average Bonchev–Trinajstić information content (AvgIpc) is 3.29. The minimum atomic E-state index is -4.86. The summed E-state index contributed by atoms with van der Waals surface area (Å²) >= 11 is 6.10. The summed E-state index contributed by atoms with van der Waals surface area (Å²) in [6.45, 7) is 0.590. The monoisotopic (exact) mass is 563 g/mol. The van der Waals surface area contributed by atoms with E-state index in [0.717, 1.165) is 16.8 Å². The lowest BCUT2D eigenvalue weighted by Crippen LogP contribution is -2.30. The van der Waals surface area contributed by atoms with Crippen molar-refractivity contribution in [2.24, 2.45) is 5.92 Å². The number of aliphatic carboxylic acids is 1. The molecule has 1 amide bonds. The Morgan fingerprint density at radius 3 is 2.59 bits per heavy atom. The Labute approximate surface area is 226 Å². The molecule has 39 heavy (non-hydrogen) atoms. The zero-order valence-electron chi connectivity index (χ0n) is 21.1. The Hall–Kier alpha value is -3.70. The van der Waals surface area contributed by atoms with Gasteiger partial charge in [-0.1, -0.05) is 23.7 Å². The zero-order chi connectivity index (χ0) is 28.5. The number of hydrogen-bond acceptors (Lipinski definition) is 5. The number of benzene rings is 2. The molecule has 1 aliphatic carbocycles. The van der Waals surface area contributed by atoms with Crippen LogP contribution in [0.4, 0.5) is 13.2 Å². The predicted molar refractivity (Wildman–Crippen MR) is 138 cm³/mol. The molecule has 3 aromatic rings. The lowest BCUT2D eigenvalue weighted by molar-refractivity contribution is -0.142. The molecule has 0 aliphatic heterocycles. The van der Waals surface area contributed by atoms with E-state index in [-0.39, 0.29) is 23.4 Å². The maximum absolute atomic E-state index is 13.8. The second-order valence-corrected chi connectivity index (χ2v) is 9.62. The number of nitrogens with zero attached hydrogens (tertiary/aromatic N) is 3. The minimum absolute atomic E-state index is 0.121. The number of likely N-dealkylation sites (N-methyl/N-ethyl adjacent to an activating group) is 1. The van der Waals surface area contributed by atoms with Crippen molar-refractivity contribution in [3.63, 3.8) is 0 Å². The first-order chi connectivity index (χ1) is 18.4. The number of hydrogen-bond donors (Lipinski definition) is 1. The number of methoxy groups -OCH3 is 1. The van der Waals surface area contributed by atoms with Crippen LogP contribution in [0.2, 0.25) is 5.02 Å². The van der Waals surface area contributed by atoms with E-state index in [1.807, 2.05) is 0 Å². The van der Waals surface area contributed by atoms with Crippen molar-refractivity contribution in [1.29, 1.82) is 0 Å². The van der Waals surface area contributed by atoms with Gasteiger partial charge < -0.3 is 14.7 Å². The first-order valence-electron chi connectivity index (χ1n) is 12.0. The van der Waals surface area contributed by atoms with Gasteiger partial charge in [0, 0.05) is 31.7 Å². The van der Waals surface area contributed by atoms with Crippen molar-refractivity contribution < 1.29 is 37.4 Å². The van der Waals surface area contributed by atoms with Crippen LogP contribution >= 0.6 is 11.6 Å². The van der Waals surface area contributed by atoms with E-state index in [4.69, 9.17) is 16.3 Å². The highest BCUT2D eigenvalue weighted by Gasteiger charge is 2.37. The molecule has 0 bridgehead atoms. The molecule has 1 atom stereocenters. The molecule has 1 heterocycles. The second-order valence-electron chi connectivity index (χ2n) is 9.22. The van der Waals surface area contributed by atoms with E-state index >= 15 is 0 Å². The van der Waals surface area contributed by atoms with Crippen molar-refractivity contribution in [3.8, 4) is 0 Å². The van der Waals surface area contributed by atoms with Crippen molar-refractivity contribution in [3.05, 3.63) is 69.9 Å². The molecule has 1 N–H and O–H groups in total. The standard InChI is InChI=1S/C27H25ClF3N3O5/c1-33(12-13-39-2)24(35)17-10-11-18-21(14-17)34(32-23(18)15-6-8-16(9-7-15)26(37)38)25(36)22-19(27(29,30)31)4-3-5-20(22)28/h3-6,10-11,14,16H,7-9,12-13H2,1-2H3,(H,37,38). The molecule has 1 aliphatic rings. The number of ether oxygens (including phenoxy) is 1. The average molecular weight is 564 g/mol. The molecule has 12 heteroatoms. The molecule has 0 radical (unpaired) electrons. The fraction of sp³-hybridized carbons (Fsp3) is 0.333. The summed E-state index contributed by atoms with van der Waals surface area (Å²) in [5.41, 5.74) is -0.668. The van der Waals surface area contributed by atoms with Crippen LogP contribution in [-0.2, 0) is 15.7 Å². The summed E-state index contributed by atoms with van der Waals surface area (Å²) in [5.74, 6) is -2.98. The second kappa shape index (κ2) is 11.2. The predicted octanol–water partition coefficient (Wildman–Crippen LogP) is 5.38. The van der Waals surface area contributed by atoms with E-state index < -0.39 is 40.1 Å². The Morgan fingerprint density at radius 2 is 1.97 bits per heavy atom. The van der Waals surface area contributed by atoms with E-state index in [2.05, 4.69) is 5.10 Å². The molecule has 0 saturated heterocycles. The lowest BCUT2D eigenvalue weighted by atomic mass is 9.87. The summed E-state index contributed by atoms with van der Waals surface area (Å²) in [4.78, 5) is 39.5. The number of carboxylic acids is 1. The lowest BCUT2D eigenvalue weighted by Gasteiger charge is -2.17. The fourth-order valence-corrected chi connectivity index (χ4v) is 4.80. The molecule has 4 rings (SSSR count). The van der Waals surface area contributed by atoms with Crippen LogP contribution in [0.3, 0.4) is 0 Å². The van der Waals surface area contributed by atoms with Crippen LogP contribution in [0.25, 0.3) is 16.5 Å². The normalized spacial score (nSPS) is 15.7. The molecule has 206 valence electrons. The van der Waals surface area contributed by atoms with Crippen LogP contribution < -0.4 is 0 Å². The van der Waals surface area contributed by atoms with Gasteiger partial charge in [0.05, 0.1) is 39.9 Å². The minimum Gasteiger partial charge on any atom is -0.481 e. The van der Waals surface area contributed by atoms with Gasteiger partial charge in [-0.25, -0.2) is 0 Å². The third-order valence-corrected chi connectivity index (χ3v) is 7.01. The van der Waals surface area contributed by atoms with Crippen molar-refractivity contribution in [2.75, 3.05) is 27.3 Å². The van der Waals surface area contributed by atoms with E-state index in [1.165, 1.54) is 24.1 Å². The number of amides is 1. The number of fused-ring (bicyclic) bond motifs is 1. The largest absolute Gasteiger partial charge is 0.481 e. The number of alkyl halides is 3. The summed E-state index contributed by atoms with van der Waals surface area (Å²) < 4.78 is 47.3. The molecule has 0 fully saturated rings. The topological polar surface area (TPSA) is 102 Å². The number of rotatable bonds is 7. The molecule has 2 aromatic carbocycles. The molecule has 0 spiro atoms. The van der Waals surface area contributed by atoms with Gasteiger partial charge in [0.2, 0.25) is 0 Å². The summed E-state index contributed by atoms with van der Waals surface area (Å²) in [6.07, 6.45) is -2.21. The zero-order valence-corrected chi connectivity index (χ0v) is 21.8. The van der Waals surface area contributed by atoms with Crippen LogP contribution in [0, 0.1) is 5.92 Å². The van der Waals surface area contributed by atoms with Crippen molar-refractivity contribution >= 4 is 45.9 Å². The van der Waals surface area contributed by atoms with Gasteiger partial charge in [-0.3, -0.25) is 14.4 Å². The molecule has 1 aromatic heterocycles. The number of carbonyl (C=O) groups is 3. The maximum Gasteiger partial charge on any atom is 0.417 e. The maximum atomic E-state index is 13.8. The highest BCUT2D eigenvalue weighted by Crippen LogP contribution is 2.38. The highest BCUT2D eigenvalue weighted by molar-refractivity contribution is 6.34. The van der Waals surface area contributed by atoms with Crippen molar-refractivity contribution in [1.82, 2.24) is 14.7 Å². The van der Waals surface area contributed by atoms with Gasteiger partial charge in [-0.05, 0) is 55.2 Å². The van der Waals surface area contributed by atoms with Crippen LogP contribution in [0.1, 0.15) is 51.2 Å². The highest BCUT2D eigenvalue weighted by atomic mass is 35.5. The Balaban J connectivity index is 1.89. The summed E-state index contributed by atoms with van der Waals surface area (Å²) in [5, 5.41) is 13.8. The van der Waals surface area contributed by atoms with Gasteiger partial charge in [-0.2, -0.15) is 23.0 Å². The van der Waals surface area contributed by atoms with Gasteiger partial charge >= 0.3 is 12.1 Å². The van der Waals surface area contributed by atoms with Gasteiger partial charge in [-0.15, -0.1) is 0 Å². The number of carboxylic acid groups (broad SMARTS) is 1. The van der Waals surface area contributed by atoms with Gasteiger partial charge in [0.15, 0.2) is 0 Å². The number of halogens is 4. The molecule has 0 saturated carbocycles. The number of aromatic nitrogens is 2. The van der Waals surface area contributed by atoms with Gasteiger partial charge in [0.25, 0.3) is 11.8 Å². The molecular formula is C27H25ClF3N3O5. The fourth-order valence-electron chi connectivity index (χ4n) is 4.55. The van der Waals surface area contributed by atoms with Gasteiger partial charge in [0.1, 0.15) is 0 Å². The Bertz CT molecular complexity index is 1480. The van der Waals surface area contributed by atoms with E-state index in [1.54, 1.807) is 25.3 Å². The Morgan fingerprint density at radius 1 is 1.23 bits per heavy atom. The number of allylic oxidation sites excluding steroid dienone is 2.